The molecule has 0 bridgehead atoms. The third-order valence-electron chi connectivity index (χ3n) is 5.54. The number of ether oxygens (including phenoxy) is 2. The van der Waals surface area contributed by atoms with Crippen LogP contribution >= 0.6 is 0 Å². The minimum atomic E-state index is 0.180. The van der Waals surface area contributed by atoms with Crippen LogP contribution in [0, 0.1) is 23.7 Å². The van der Waals surface area contributed by atoms with Crippen LogP contribution < -0.4 is 4.74 Å². The molecule has 0 aromatic heterocycles. The van der Waals surface area contributed by atoms with Gasteiger partial charge in [0.05, 0.1) is 19.8 Å². The maximum absolute atomic E-state index is 6.36. The predicted octanol–water partition coefficient (Wildman–Crippen LogP) is 7.41. The van der Waals surface area contributed by atoms with E-state index in [1.807, 2.05) is 19.1 Å². The van der Waals surface area contributed by atoms with E-state index in [0.29, 0.717) is 12.5 Å². The first-order valence-corrected chi connectivity index (χ1v) is 11.3. The maximum Gasteiger partial charge on any atom is 0.118 e. The summed E-state index contributed by atoms with van der Waals surface area (Å²) in [6.07, 6.45) is 12.3. The first-order chi connectivity index (χ1) is 13.6. The Bertz CT molecular complexity index is 552. The molecule has 1 rings (SSSR count). The number of benzene rings is 1. The Morgan fingerprint density at radius 3 is 2.07 bits per heavy atom. The van der Waals surface area contributed by atoms with Crippen LogP contribution in [0.2, 0.25) is 0 Å². The van der Waals surface area contributed by atoms with Gasteiger partial charge in [0.15, 0.2) is 0 Å². The number of rotatable bonds is 15. The van der Waals surface area contributed by atoms with Crippen molar-refractivity contribution in [2.75, 3.05) is 7.11 Å². The van der Waals surface area contributed by atoms with Crippen LogP contribution in [0.3, 0.4) is 0 Å². The molecule has 0 spiro atoms. The zero-order valence-corrected chi connectivity index (χ0v) is 18.9. The van der Waals surface area contributed by atoms with Gasteiger partial charge in [-0.1, -0.05) is 83.3 Å². The summed E-state index contributed by atoms with van der Waals surface area (Å²) < 4.78 is 11.6. The standard InChI is InChI=1S/C26H42O2/c1-6-8-9-10-11-12-13-14-16-23(4)26(22(3)15-7-2)28-21-24-17-19-25(27-5)20-18-24/h17-20,22-23,26H,6,8-14,16,21H2,1-5H3/t22-,23-,26-/m0/s1. The summed E-state index contributed by atoms with van der Waals surface area (Å²) in [6, 6.07) is 8.14. The molecule has 1 aromatic carbocycles. The van der Waals surface area contributed by atoms with E-state index in [4.69, 9.17) is 9.47 Å². The van der Waals surface area contributed by atoms with E-state index in [0.717, 1.165) is 5.75 Å². The van der Waals surface area contributed by atoms with E-state index >= 15 is 0 Å². The Balaban J connectivity index is 2.43. The third kappa shape index (κ3) is 10.2. The molecule has 0 radical (unpaired) electrons. The summed E-state index contributed by atoms with van der Waals surface area (Å²) in [5, 5.41) is 0. The van der Waals surface area contributed by atoms with E-state index in [9.17, 15) is 0 Å². The molecule has 28 heavy (non-hydrogen) atoms. The minimum absolute atomic E-state index is 0.180. The molecule has 0 saturated heterocycles. The van der Waals surface area contributed by atoms with Crippen molar-refractivity contribution < 1.29 is 9.47 Å². The number of hydrogen-bond acceptors (Lipinski definition) is 2. The number of hydrogen-bond donors (Lipinski definition) is 0. The summed E-state index contributed by atoms with van der Waals surface area (Å²) in [7, 11) is 1.69. The van der Waals surface area contributed by atoms with Gasteiger partial charge >= 0.3 is 0 Å². The second-order valence-corrected chi connectivity index (χ2v) is 8.05. The Morgan fingerprint density at radius 1 is 0.893 bits per heavy atom. The zero-order chi connectivity index (χ0) is 20.6. The quantitative estimate of drug-likeness (QED) is 0.231. The average molecular weight is 387 g/mol. The summed E-state index contributed by atoms with van der Waals surface area (Å²) >= 11 is 0. The highest BCUT2D eigenvalue weighted by molar-refractivity contribution is 5.26. The third-order valence-corrected chi connectivity index (χ3v) is 5.54. The molecule has 0 saturated carbocycles. The summed E-state index contributed by atoms with van der Waals surface area (Å²) in [4.78, 5) is 0. The molecule has 2 heteroatoms. The van der Waals surface area contributed by atoms with Crippen LogP contribution in [0.15, 0.2) is 24.3 Å². The van der Waals surface area contributed by atoms with Gasteiger partial charge in [0.1, 0.15) is 5.75 Å². The molecule has 158 valence electrons. The zero-order valence-electron chi connectivity index (χ0n) is 18.9. The molecule has 0 N–H and O–H groups in total. The second-order valence-electron chi connectivity index (χ2n) is 8.05. The molecule has 1 aromatic rings. The molecule has 0 aliphatic rings. The number of unbranched alkanes of at least 4 members (excludes halogenated alkanes) is 7. The second kappa shape index (κ2) is 15.5. The van der Waals surface area contributed by atoms with Gasteiger partial charge in [-0.25, -0.2) is 0 Å². The largest absolute Gasteiger partial charge is 0.497 e. The van der Waals surface area contributed by atoms with Crippen molar-refractivity contribution in [3.8, 4) is 17.6 Å². The van der Waals surface area contributed by atoms with Gasteiger partial charge in [-0.3, -0.25) is 0 Å². The molecule has 3 atom stereocenters. The summed E-state index contributed by atoms with van der Waals surface area (Å²) in [6.45, 7) is 9.35. The van der Waals surface area contributed by atoms with Crippen molar-refractivity contribution in [1.29, 1.82) is 0 Å². The first kappa shape index (κ1) is 24.6. The lowest BCUT2D eigenvalue weighted by molar-refractivity contribution is -0.0171. The molecule has 0 fully saturated rings. The average Bonchev–Trinajstić information content (AvgIpc) is 2.70. The van der Waals surface area contributed by atoms with Crippen molar-refractivity contribution >= 4 is 0 Å². The normalized spacial score (nSPS) is 14.0. The van der Waals surface area contributed by atoms with E-state index in [2.05, 4.69) is 44.7 Å². The minimum Gasteiger partial charge on any atom is -0.497 e. The fourth-order valence-electron chi connectivity index (χ4n) is 3.79. The van der Waals surface area contributed by atoms with E-state index in [-0.39, 0.29) is 12.0 Å². The van der Waals surface area contributed by atoms with Crippen molar-refractivity contribution in [3.63, 3.8) is 0 Å². The summed E-state index contributed by atoms with van der Waals surface area (Å²) in [5.74, 6) is 8.05. The molecule has 2 nitrogen and oxygen atoms in total. The fraction of sp³-hybridized carbons (Fsp3) is 0.692. The highest BCUT2D eigenvalue weighted by Gasteiger charge is 2.23. The lowest BCUT2D eigenvalue weighted by Gasteiger charge is -2.27. The van der Waals surface area contributed by atoms with E-state index in [1.54, 1.807) is 7.11 Å². The Morgan fingerprint density at radius 2 is 1.50 bits per heavy atom. The SMILES string of the molecule is CC#C[C@H](C)[C@H](OCc1ccc(OC)cc1)[C@@H](C)CCCCCCCCCC. The smallest absolute Gasteiger partial charge is 0.118 e. The first-order valence-electron chi connectivity index (χ1n) is 11.3. The Hall–Kier alpha value is -1.46. The van der Waals surface area contributed by atoms with Crippen molar-refractivity contribution in [2.45, 2.75) is 98.2 Å². The number of methoxy groups -OCH3 is 1. The van der Waals surface area contributed by atoms with Crippen LogP contribution in [0.25, 0.3) is 0 Å². The lowest BCUT2D eigenvalue weighted by atomic mass is 9.89. The van der Waals surface area contributed by atoms with Gasteiger partial charge in [0.2, 0.25) is 0 Å². The topological polar surface area (TPSA) is 18.5 Å². The van der Waals surface area contributed by atoms with E-state index in [1.165, 1.54) is 63.4 Å². The molecule has 0 aliphatic heterocycles. The van der Waals surface area contributed by atoms with Crippen LogP contribution in [-0.4, -0.2) is 13.2 Å². The van der Waals surface area contributed by atoms with Crippen molar-refractivity contribution in [3.05, 3.63) is 29.8 Å². The van der Waals surface area contributed by atoms with Gasteiger partial charge in [0, 0.05) is 5.92 Å². The maximum atomic E-state index is 6.36. The van der Waals surface area contributed by atoms with Crippen LogP contribution in [0.5, 0.6) is 5.75 Å². The van der Waals surface area contributed by atoms with Gasteiger partial charge in [-0.05, 0) is 43.9 Å². The fourth-order valence-corrected chi connectivity index (χ4v) is 3.79. The van der Waals surface area contributed by atoms with Crippen LogP contribution in [-0.2, 0) is 11.3 Å². The van der Waals surface area contributed by atoms with Crippen LogP contribution in [0.1, 0.15) is 91.0 Å². The van der Waals surface area contributed by atoms with Gasteiger partial charge in [0.25, 0.3) is 0 Å². The summed E-state index contributed by atoms with van der Waals surface area (Å²) in [5.41, 5.74) is 1.18. The van der Waals surface area contributed by atoms with Gasteiger partial charge < -0.3 is 9.47 Å². The Labute approximate surface area is 174 Å². The lowest BCUT2D eigenvalue weighted by Crippen LogP contribution is -2.28. The monoisotopic (exact) mass is 386 g/mol. The highest BCUT2D eigenvalue weighted by atomic mass is 16.5. The predicted molar refractivity (Wildman–Crippen MR) is 121 cm³/mol. The molecule has 0 aliphatic carbocycles. The van der Waals surface area contributed by atoms with Crippen LogP contribution in [0.4, 0.5) is 0 Å². The molecular formula is C26H42O2. The Kier molecular flexibility index (Phi) is 13.6. The van der Waals surface area contributed by atoms with Crippen molar-refractivity contribution in [2.24, 2.45) is 11.8 Å². The van der Waals surface area contributed by atoms with Crippen molar-refractivity contribution in [1.82, 2.24) is 0 Å². The highest BCUT2D eigenvalue weighted by Crippen LogP contribution is 2.24. The van der Waals surface area contributed by atoms with E-state index < -0.39 is 0 Å². The van der Waals surface area contributed by atoms with Gasteiger partial charge in [-0.15, -0.1) is 5.92 Å². The molecule has 0 heterocycles. The molecule has 0 amide bonds. The van der Waals surface area contributed by atoms with Gasteiger partial charge in [-0.2, -0.15) is 0 Å². The molecule has 0 unspecified atom stereocenters. The molecular weight excluding hydrogens is 344 g/mol.